The molecule has 0 saturated carbocycles. The maximum atomic E-state index is 6.03. The third kappa shape index (κ3) is 4.95. The van der Waals surface area contributed by atoms with E-state index in [0.29, 0.717) is 0 Å². The Hall–Kier alpha value is -0.800. The van der Waals surface area contributed by atoms with Gasteiger partial charge in [-0.1, -0.05) is 26.2 Å². The van der Waals surface area contributed by atoms with Crippen molar-refractivity contribution in [1.82, 2.24) is 10.2 Å². The lowest BCUT2D eigenvalue weighted by Gasteiger charge is -2.23. The normalized spacial score (nSPS) is 17.9. The molecule has 0 unspecified atom stereocenters. The van der Waals surface area contributed by atoms with E-state index in [-0.39, 0.29) is 0 Å². The van der Waals surface area contributed by atoms with Gasteiger partial charge >= 0.3 is 0 Å². The number of nitrogens with zero attached hydrogens (tertiary/aromatic N) is 1. The summed E-state index contributed by atoms with van der Waals surface area (Å²) < 4.78 is 6.03. The molecular formula is C17H30N2O. The molecule has 2 heterocycles. The van der Waals surface area contributed by atoms with Gasteiger partial charge < -0.3 is 9.73 Å². The Balaban J connectivity index is 1.86. The van der Waals surface area contributed by atoms with Crippen LogP contribution in [0.2, 0.25) is 0 Å². The number of hydrogen-bond acceptors (Lipinski definition) is 3. The van der Waals surface area contributed by atoms with Crippen LogP contribution < -0.4 is 5.32 Å². The van der Waals surface area contributed by atoms with Gasteiger partial charge in [-0.25, -0.2) is 0 Å². The van der Waals surface area contributed by atoms with E-state index in [1.807, 2.05) is 0 Å². The lowest BCUT2D eigenvalue weighted by Crippen LogP contribution is -2.26. The third-order valence-corrected chi connectivity index (χ3v) is 4.11. The standard InChI is InChI=1S/C17H30N2O/c1-3-9-18-13-17-15(2)12-16(20-17)14-19-10-7-5-4-6-8-11-19/h12,18H,3-11,13-14H2,1-2H3. The molecule has 1 aromatic heterocycles. The van der Waals surface area contributed by atoms with Crippen molar-refractivity contribution < 1.29 is 4.42 Å². The number of likely N-dealkylation sites (tertiary alicyclic amines) is 1. The Bertz CT molecular complexity index is 378. The van der Waals surface area contributed by atoms with E-state index in [0.717, 1.165) is 31.2 Å². The predicted molar refractivity (Wildman–Crippen MR) is 83.8 cm³/mol. The van der Waals surface area contributed by atoms with Crippen LogP contribution in [-0.2, 0) is 13.1 Å². The zero-order chi connectivity index (χ0) is 14.2. The summed E-state index contributed by atoms with van der Waals surface area (Å²) in [6.45, 7) is 9.70. The van der Waals surface area contributed by atoms with Crippen LogP contribution in [0.1, 0.15) is 62.5 Å². The maximum Gasteiger partial charge on any atom is 0.120 e. The predicted octanol–water partition coefficient (Wildman–Crippen LogP) is 3.85. The summed E-state index contributed by atoms with van der Waals surface area (Å²) in [6.07, 6.45) is 8.04. The Morgan fingerprint density at radius 3 is 2.55 bits per heavy atom. The summed E-state index contributed by atoms with van der Waals surface area (Å²) >= 11 is 0. The highest BCUT2D eigenvalue weighted by Crippen LogP contribution is 2.18. The van der Waals surface area contributed by atoms with Crippen LogP contribution in [0.3, 0.4) is 0 Å². The molecule has 1 N–H and O–H groups in total. The van der Waals surface area contributed by atoms with Crippen LogP contribution in [0.15, 0.2) is 10.5 Å². The second kappa shape index (κ2) is 8.48. The largest absolute Gasteiger partial charge is 0.463 e. The van der Waals surface area contributed by atoms with Crippen molar-refractivity contribution in [3.8, 4) is 0 Å². The molecule has 0 atom stereocenters. The summed E-state index contributed by atoms with van der Waals surface area (Å²) in [5, 5.41) is 3.42. The van der Waals surface area contributed by atoms with Crippen LogP contribution in [0, 0.1) is 6.92 Å². The van der Waals surface area contributed by atoms with Gasteiger partial charge in [0.05, 0.1) is 13.1 Å². The first-order chi connectivity index (χ1) is 9.79. The molecule has 3 nitrogen and oxygen atoms in total. The highest BCUT2D eigenvalue weighted by atomic mass is 16.3. The molecule has 114 valence electrons. The molecule has 0 spiro atoms. The Labute approximate surface area is 123 Å². The molecule has 20 heavy (non-hydrogen) atoms. The zero-order valence-corrected chi connectivity index (χ0v) is 13.2. The second-order valence-electron chi connectivity index (χ2n) is 6.04. The minimum Gasteiger partial charge on any atom is -0.463 e. The molecule has 1 fully saturated rings. The van der Waals surface area contributed by atoms with Crippen molar-refractivity contribution >= 4 is 0 Å². The molecule has 1 aliphatic heterocycles. The fraction of sp³-hybridized carbons (Fsp3) is 0.765. The SMILES string of the molecule is CCCNCc1oc(CN2CCCCCCC2)cc1C. The lowest BCUT2D eigenvalue weighted by molar-refractivity contribution is 0.220. The molecule has 3 heteroatoms. The quantitative estimate of drug-likeness (QED) is 0.801. The fourth-order valence-electron chi connectivity index (χ4n) is 2.91. The van der Waals surface area contributed by atoms with Gasteiger partial charge in [0.15, 0.2) is 0 Å². The second-order valence-corrected chi connectivity index (χ2v) is 6.04. The average Bonchev–Trinajstić information content (AvgIpc) is 2.73. The molecule has 0 aromatic carbocycles. The summed E-state index contributed by atoms with van der Waals surface area (Å²) in [5.41, 5.74) is 1.29. The van der Waals surface area contributed by atoms with Crippen molar-refractivity contribution in [3.05, 3.63) is 23.2 Å². The molecule has 1 saturated heterocycles. The first-order valence-electron chi connectivity index (χ1n) is 8.31. The zero-order valence-electron chi connectivity index (χ0n) is 13.2. The Morgan fingerprint density at radius 2 is 1.85 bits per heavy atom. The minimum atomic E-state index is 0.861. The number of furan rings is 1. The first kappa shape index (κ1) is 15.6. The highest BCUT2D eigenvalue weighted by molar-refractivity contribution is 5.20. The van der Waals surface area contributed by atoms with E-state index in [1.54, 1.807) is 0 Å². The third-order valence-electron chi connectivity index (χ3n) is 4.11. The van der Waals surface area contributed by atoms with Crippen LogP contribution in [0.25, 0.3) is 0 Å². The summed E-state index contributed by atoms with van der Waals surface area (Å²) in [6, 6.07) is 2.22. The summed E-state index contributed by atoms with van der Waals surface area (Å²) in [7, 11) is 0. The van der Waals surface area contributed by atoms with E-state index < -0.39 is 0 Å². The molecular weight excluding hydrogens is 248 g/mol. The van der Waals surface area contributed by atoms with Crippen molar-refractivity contribution in [2.24, 2.45) is 0 Å². The van der Waals surface area contributed by atoms with E-state index in [2.05, 4.69) is 30.1 Å². The van der Waals surface area contributed by atoms with Crippen LogP contribution in [0.4, 0.5) is 0 Å². The fourth-order valence-corrected chi connectivity index (χ4v) is 2.91. The van der Waals surface area contributed by atoms with Gasteiger partial charge in [0, 0.05) is 0 Å². The van der Waals surface area contributed by atoms with Gasteiger partial charge in [0.25, 0.3) is 0 Å². The smallest absolute Gasteiger partial charge is 0.120 e. The van der Waals surface area contributed by atoms with Crippen molar-refractivity contribution in [1.29, 1.82) is 0 Å². The molecule has 0 amide bonds. The molecule has 2 rings (SSSR count). The van der Waals surface area contributed by atoms with Gasteiger partial charge in [-0.15, -0.1) is 0 Å². The highest BCUT2D eigenvalue weighted by Gasteiger charge is 2.13. The van der Waals surface area contributed by atoms with Crippen molar-refractivity contribution in [2.45, 2.75) is 65.5 Å². The number of hydrogen-bond donors (Lipinski definition) is 1. The number of aryl methyl sites for hydroxylation is 1. The number of rotatable bonds is 6. The summed E-state index contributed by atoms with van der Waals surface area (Å²) in [5.74, 6) is 2.25. The van der Waals surface area contributed by atoms with Crippen LogP contribution in [0.5, 0.6) is 0 Å². The molecule has 1 aromatic rings. The first-order valence-corrected chi connectivity index (χ1v) is 8.31. The molecule has 0 aliphatic carbocycles. The molecule has 0 bridgehead atoms. The van der Waals surface area contributed by atoms with Gasteiger partial charge in [0.2, 0.25) is 0 Å². The van der Waals surface area contributed by atoms with Gasteiger partial charge in [0.1, 0.15) is 11.5 Å². The summed E-state index contributed by atoms with van der Waals surface area (Å²) in [4.78, 5) is 2.56. The van der Waals surface area contributed by atoms with Crippen LogP contribution in [-0.4, -0.2) is 24.5 Å². The maximum absolute atomic E-state index is 6.03. The van der Waals surface area contributed by atoms with Gasteiger partial charge in [-0.2, -0.15) is 0 Å². The van der Waals surface area contributed by atoms with E-state index in [4.69, 9.17) is 4.42 Å². The lowest BCUT2D eigenvalue weighted by atomic mass is 10.1. The van der Waals surface area contributed by atoms with Gasteiger partial charge in [-0.05, 0) is 57.5 Å². The van der Waals surface area contributed by atoms with E-state index in [9.17, 15) is 0 Å². The molecule has 0 radical (unpaired) electrons. The van der Waals surface area contributed by atoms with E-state index >= 15 is 0 Å². The number of nitrogens with one attached hydrogen (secondary N) is 1. The Kier molecular flexibility index (Phi) is 6.61. The van der Waals surface area contributed by atoms with Crippen molar-refractivity contribution in [2.75, 3.05) is 19.6 Å². The monoisotopic (exact) mass is 278 g/mol. The van der Waals surface area contributed by atoms with Crippen molar-refractivity contribution in [3.63, 3.8) is 0 Å². The Morgan fingerprint density at radius 1 is 1.15 bits per heavy atom. The minimum absolute atomic E-state index is 0.861. The topological polar surface area (TPSA) is 28.4 Å². The molecule has 1 aliphatic rings. The van der Waals surface area contributed by atoms with Crippen LogP contribution >= 0.6 is 0 Å². The average molecular weight is 278 g/mol. The van der Waals surface area contributed by atoms with E-state index in [1.165, 1.54) is 57.2 Å². The van der Waals surface area contributed by atoms with Gasteiger partial charge in [-0.3, -0.25) is 4.90 Å².